The number of carbonyl (C=O) groups is 4. The van der Waals surface area contributed by atoms with Crippen molar-refractivity contribution in [2.24, 2.45) is 0 Å². The summed E-state index contributed by atoms with van der Waals surface area (Å²) >= 11 is 1.36. The molecule has 1 spiro atoms. The summed E-state index contributed by atoms with van der Waals surface area (Å²) in [7, 11) is 0. The Morgan fingerprint density at radius 3 is 2.57 bits per heavy atom. The number of amides is 4. The van der Waals surface area contributed by atoms with Crippen LogP contribution in [0.4, 0.5) is 9.80 Å². The minimum absolute atomic E-state index is 0.144. The predicted octanol–water partition coefficient (Wildman–Crippen LogP) is 3.38. The van der Waals surface area contributed by atoms with Crippen LogP contribution >= 0.6 is 11.3 Å². The second-order valence-electron chi connectivity index (χ2n) is 7.74. The number of ether oxygens (including phenoxy) is 1. The molecule has 2 aliphatic rings. The zero-order valence-corrected chi connectivity index (χ0v) is 18.6. The van der Waals surface area contributed by atoms with Crippen molar-refractivity contribution < 1.29 is 23.9 Å². The number of carbonyl (C=O) groups excluding carboxylic acids is 4. The van der Waals surface area contributed by atoms with Crippen molar-refractivity contribution in [3.8, 4) is 0 Å². The molecule has 30 heavy (non-hydrogen) atoms. The summed E-state index contributed by atoms with van der Waals surface area (Å²) in [6.07, 6.45) is 4.41. The van der Waals surface area contributed by atoms with E-state index in [1.54, 1.807) is 6.92 Å². The summed E-state index contributed by atoms with van der Waals surface area (Å²) in [5, 5.41) is 6.15. The standard InChI is InChI=1S/C21H29N3O5S/c1-4-14-13(3)30-17(16(14)18(26)29-5-2)22-15(25)9-8-12-24-19(27)21(23-20(24)28)10-6-7-11-21/h4-12H2,1-3H3,(H,22,25)(H,23,28). The molecule has 164 valence electrons. The van der Waals surface area contributed by atoms with Crippen molar-refractivity contribution >= 4 is 40.2 Å². The molecule has 4 amide bonds. The van der Waals surface area contributed by atoms with Crippen molar-refractivity contribution in [1.82, 2.24) is 10.2 Å². The number of urea groups is 1. The summed E-state index contributed by atoms with van der Waals surface area (Å²) in [5.74, 6) is -0.862. The third-order valence-electron chi connectivity index (χ3n) is 5.78. The van der Waals surface area contributed by atoms with Gasteiger partial charge in [-0.1, -0.05) is 19.8 Å². The largest absolute Gasteiger partial charge is 0.462 e. The topological polar surface area (TPSA) is 105 Å². The molecule has 0 aromatic carbocycles. The van der Waals surface area contributed by atoms with E-state index in [4.69, 9.17) is 4.74 Å². The summed E-state index contributed by atoms with van der Waals surface area (Å²) < 4.78 is 5.15. The minimum atomic E-state index is -0.723. The molecule has 1 saturated carbocycles. The lowest BCUT2D eigenvalue weighted by molar-refractivity contribution is -0.131. The zero-order chi connectivity index (χ0) is 21.9. The van der Waals surface area contributed by atoms with Gasteiger partial charge in [0, 0.05) is 17.8 Å². The van der Waals surface area contributed by atoms with Crippen molar-refractivity contribution in [1.29, 1.82) is 0 Å². The van der Waals surface area contributed by atoms with Gasteiger partial charge < -0.3 is 15.4 Å². The number of esters is 1. The van der Waals surface area contributed by atoms with Gasteiger partial charge in [0.25, 0.3) is 5.91 Å². The first-order valence-electron chi connectivity index (χ1n) is 10.6. The molecule has 0 bridgehead atoms. The number of rotatable bonds is 8. The molecule has 1 aromatic rings. The lowest BCUT2D eigenvalue weighted by Crippen LogP contribution is -2.44. The number of aryl methyl sites for hydroxylation is 1. The maximum atomic E-state index is 12.7. The SMILES string of the molecule is CCOC(=O)c1c(NC(=O)CCCN2C(=O)NC3(CCCC3)C2=O)sc(C)c1CC. The molecule has 8 nitrogen and oxygen atoms in total. The Balaban J connectivity index is 1.58. The van der Waals surface area contributed by atoms with Gasteiger partial charge in [0.15, 0.2) is 0 Å². The number of anilines is 1. The molecule has 1 saturated heterocycles. The van der Waals surface area contributed by atoms with Gasteiger partial charge >= 0.3 is 12.0 Å². The van der Waals surface area contributed by atoms with Gasteiger partial charge in [-0.2, -0.15) is 0 Å². The van der Waals surface area contributed by atoms with Crippen LogP contribution in [-0.4, -0.2) is 47.4 Å². The van der Waals surface area contributed by atoms with E-state index in [1.165, 1.54) is 16.2 Å². The first-order chi connectivity index (χ1) is 14.3. The van der Waals surface area contributed by atoms with Gasteiger partial charge in [-0.25, -0.2) is 9.59 Å². The summed E-state index contributed by atoms with van der Waals surface area (Å²) in [6, 6.07) is -0.367. The molecule has 1 aliphatic heterocycles. The molecule has 0 unspecified atom stereocenters. The van der Waals surface area contributed by atoms with Crippen LogP contribution in [0, 0.1) is 6.92 Å². The van der Waals surface area contributed by atoms with Gasteiger partial charge in [0.05, 0.1) is 12.2 Å². The zero-order valence-electron chi connectivity index (χ0n) is 17.8. The monoisotopic (exact) mass is 435 g/mol. The van der Waals surface area contributed by atoms with E-state index in [1.807, 2.05) is 13.8 Å². The lowest BCUT2D eigenvalue weighted by Gasteiger charge is -2.19. The summed E-state index contributed by atoms with van der Waals surface area (Å²) in [5.41, 5.74) is 0.585. The predicted molar refractivity (Wildman–Crippen MR) is 114 cm³/mol. The van der Waals surface area contributed by atoms with Gasteiger partial charge in [-0.05, 0) is 45.1 Å². The molecule has 9 heteroatoms. The highest BCUT2D eigenvalue weighted by Gasteiger charge is 2.52. The van der Waals surface area contributed by atoms with Crippen LogP contribution in [0.2, 0.25) is 0 Å². The van der Waals surface area contributed by atoms with E-state index in [2.05, 4.69) is 10.6 Å². The Labute approximate surface area is 180 Å². The van der Waals surface area contributed by atoms with Crippen molar-refractivity contribution in [3.05, 3.63) is 16.0 Å². The number of hydrogen-bond acceptors (Lipinski definition) is 6. The van der Waals surface area contributed by atoms with Gasteiger partial charge in [0.1, 0.15) is 10.5 Å². The molecule has 0 atom stereocenters. The molecular weight excluding hydrogens is 406 g/mol. The molecule has 2 heterocycles. The van der Waals surface area contributed by atoms with Crippen LogP contribution in [0.3, 0.4) is 0 Å². The van der Waals surface area contributed by atoms with E-state index >= 15 is 0 Å². The third-order valence-corrected chi connectivity index (χ3v) is 6.85. The van der Waals surface area contributed by atoms with E-state index in [0.29, 0.717) is 36.2 Å². The van der Waals surface area contributed by atoms with E-state index in [-0.39, 0.29) is 37.4 Å². The maximum absolute atomic E-state index is 12.7. The fourth-order valence-electron chi connectivity index (χ4n) is 4.30. The Kier molecular flexibility index (Phi) is 6.80. The highest BCUT2D eigenvalue weighted by atomic mass is 32.1. The van der Waals surface area contributed by atoms with Crippen LogP contribution in [0.25, 0.3) is 0 Å². The Hall–Kier alpha value is -2.42. The Morgan fingerprint density at radius 2 is 1.93 bits per heavy atom. The normalized spacial score (nSPS) is 17.5. The fourth-order valence-corrected chi connectivity index (χ4v) is 5.44. The number of thiophene rings is 1. The van der Waals surface area contributed by atoms with Crippen molar-refractivity contribution in [3.63, 3.8) is 0 Å². The minimum Gasteiger partial charge on any atom is -0.462 e. The smallest absolute Gasteiger partial charge is 0.341 e. The summed E-state index contributed by atoms with van der Waals surface area (Å²) in [4.78, 5) is 51.9. The second-order valence-corrected chi connectivity index (χ2v) is 8.97. The van der Waals surface area contributed by atoms with E-state index in [9.17, 15) is 19.2 Å². The number of nitrogens with zero attached hydrogens (tertiary/aromatic N) is 1. The maximum Gasteiger partial charge on any atom is 0.341 e. The molecule has 3 rings (SSSR count). The molecule has 0 radical (unpaired) electrons. The van der Waals surface area contributed by atoms with Gasteiger partial charge in [-0.15, -0.1) is 11.3 Å². The number of nitrogens with one attached hydrogen (secondary N) is 2. The van der Waals surface area contributed by atoms with Crippen molar-refractivity contribution in [2.75, 3.05) is 18.5 Å². The quantitative estimate of drug-likeness (QED) is 0.481. The molecule has 2 N–H and O–H groups in total. The average Bonchev–Trinajstić information content (AvgIpc) is 3.35. The second kappa shape index (κ2) is 9.16. The first-order valence-corrected chi connectivity index (χ1v) is 11.4. The van der Waals surface area contributed by atoms with E-state index in [0.717, 1.165) is 23.3 Å². The molecule has 1 aromatic heterocycles. The van der Waals surface area contributed by atoms with Gasteiger partial charge in [-0.3, -0.25) is 14.5 Å². The number of hydrogen-bond donors (Lipinski definition) is 2. The first kappa shape index (κ1) is 22.3. The van der Waals surface area contributed by atoms with Crippen LogP contribution in [-0.2, 0) is 20.7 Å². The lowest BCUT2D eigenvalue weighted by atomic mass is 9.98. The van der Waals surface area contributed by atoms with Crippen LogP contribution in [0.5, 0.6) is 0 Å². The fraction of sp³-hybridized carbons (Fsp3) is 0.619. The van der Waals surface area contributed by atoms with Crippen LogP contribution < -0.4 is 10.6 Å². The molecule has 1 aliphatic carbocycles. The Morgan fingerprint density at radius 1 is 1.23 bits per heavy atom. The van der Waals surface area contributed by atoms with Crippen LogP contribution in [0.1, 0.15) is 73.2 Å². The summed E-state index contributed by atoms with van der Waals surface area (Å²) in [6.45, 7) is 6.08. The molecule has 2 fully saturated rings. The Bertz CT molecular complexity index is 857. The van der Waals surface area contributed by atoms with E-state index < -0.39 is 11.5 Å². The van der Waals surface area contributed by atoms with Crippen molar-refractivity contribution in [2.45, 2.75) is 71.3 Å². The van der Waals surface area contributed by atoms with Crippen LogP contribution in [0.15, 0.2) is 0 Å². The third kappa shape index (κ3) is 4.21. The van der Waals surface area contributed by atoms with Gasteiger partial charge in [0.2, 0.25) is 5.91 Å². The highest BCUT2D eigenvalue weighted by molar-refractivity contribution is 7.16. The molecular formula is C21H29N3O5S. The highest BCUT2D eigenvalue weighted by Crippen LogP contribution is 2.36. The average molecular weight is 436 g/mol. The number of imide groups is 1.